The number of H-pyrrole nitrogens is 1. The molecule has 6 heteroatoms. The third-order valence-electron chi connectivity index (χ3n) is 5.40. The summed E-state index contributed by atoms with van der Waals surface area (Å²) in [6, 6.07) is 16.6. The van der Waals surface area contributed by atoms with Gasteiger partial charge >= 0.3 is 0 Å². The second kappa shape index (κ2) is 7.86. The van der Waals surface area contributed by atoms with Crippen LogP contribution in [0.25, 0.3) is 10.9 Å². The number of likely N-dealkylation sites (tertiary alicyclic amines) is 1. The molecule has 1 fully saturated rings. The quantitative estimate of drug-likeness (QED) is 0.635. The van der Waals surface area contributed by atoms with Crippen molar-refractivity contribution in [3.05, 3.63) is 71.9 Å². The lowest BCUT2D eigenvalue weighted by atomic mass is 10.0. The first-order valence-electron chi connectivity index (χ1n) is 9.45. The summed E-state index contributed by atoms with van der Waals surface area (Å²) in [5.41, 5.74) is 2.54. The van der Waals surface area contributed by atoms with E-state index in [4.69, 9.17) is 0 Å². The lowest BCUT2D eigenvalue weighted by Crippen LogP contribution is -2.42. The Balaban J connectivity index is 1.43. The van der Waals surface area contributed by atoms with Crippen molar-refractivity contribution in [1.29, 1.82) is 0 Å². The number of hydrogen-bond donors (Lipinski definition) is 3. The topological polar surface area (TPSA) is 85.4 Å². The summed E-state index contributed by atoms with van der Waals surface area (Å²) in [7, 11) is 0. The van der Waals surface area contributed by atoms with E-state index >= 15 is 0 Å². The van der Waals surface area contributed by atoms with Crippen LogP contribution in [0.5, 0.6) is 0 Å². The maximum absolute atomic E-state index is 12.8. The monoisotopic (exact) mass is 377 g/mol. The standard InChI is InChI=1S/C22H23N3O3/c26-14-17-12-25(13-20(17)24-22(28)15-6-2-1-3-7-15)21(27)10-16-11-23-19-9-5-4-8-18(16)19/h1-9,11,17,20,23,26H,10,12-14H2,(H,24,28). The van der Waals surface area contributed by atoms with Crippen molar-refractivity contribution in [3.63, 3.8) is 0 Å². The number of fused-ring (bicyclic) bond motifs is 1. The number of carbonyl (C=O) groups excluding carboxylic acids is 2. The molecule has 1 aliphatic rings. The first kappa shape index (κ1) is 18.3. The molecular weight excluding hydrogens is 354 g/mol. The van der Waals surface area contributed by atoms with E-state index in [0.29, 0.717) is 25.1 Å². The van der Waals surface area contributed by atoms with Gasteiger partial charge in [0.1, 0.15) is 0 Å². The summed E-state index contributed by atoms with van der Waals surface area (Å²) in [5, 5.41) is 13.7. The molecule has 144 valence electrons. The smallest absolute Gasteiger partial charge is 0.251 e. The van der Waals surface area contributed by atoms with Crippen molar-refractivity contribution in [2.75, 3.05) is 19.7 Å². The van der Waals surface area contributed by atoms with Gasteiger partial charge in [0.25, 0.3) is 5.91 Å². The molecule has 2 unspecified atom stereocenters. The number of rotatable bonds is 5. The van der Waals surface area contributed by atoms with E-state index in [1.165, 1.54) is 0 Å². The number of amides is 2. The van der Waals surface area contributed by atoms with E-state index < -0.39 is 0 Å². The van der Waals surface area contributed by atoms with Crippen LogP contribution in [-0.2, 0) is 11.2 Å². The fourth-order valence-electron chi connectivity index (χ4n) is 3.82. The van der Waals surface area contributed by atoms with Crippen LogP contribution >= 0.6 is 0 Å². The molecule has 6 nitrogen and oxygen atoms in total. The van der Waals surface area contributed by atoms with E-state index in [9.17, 15) is 14.7 Å². The number of aromatic nitrogens is 1. The van der Waals surface area contributed by atoms with Gasteiger partial charge in [0.05, 0.1) is 12.5 Å². The molecule has 0 spiro atoms. The molecule has 2 heterocycles. The molecule has 1 aliphatic heterocycles. The maximum Gasteiger partial charge on any atom is 0.251 e. The minimum Gasteiger partial charge on any atom is -0.396 e. The number of carbonyl (C=O) groups is 2. The zero-order valence-electron chi connectivity index (χ0n) is 15.5. The van der Waals surface area contributed by atoms with Crippen LogP contribution in [0.4, 0.5) is 0 Å². The van der Waals surface area contributed by atoms with E-state index in [0.717, 1.165) is 16.5 Å². The summed E-state index contributed by atoms with van der Waals surface area (Å²) in [5.74, 6) is -0.353. The number of para-hydroxylation sites is 1. The van der Waals surface area contributed by atoms with Gasteiger partial charge in [-0.25, -0.2) is 0 Å². The van der Waals surface area contributed by atoms with Crippen LogP contribution in [0.3, 0.4) is 0 Å². The minimum atomic E-state index is -0.260. The first-order chi connectivity index (χ1) is 13.7. The van der Waals surface area contributed by atoms with Crippen LogP contribution < -0.4 is 5.32 Å². The van der Waals surface area contributed by atoms with E-state index in [1.807, 2.05) is 48.7 Å². The highest BCUT2D eigenvalue weighted by molar-refractivity contribution is 5.94. The molecule has 4 rings (SSSR count). The molecule has 3 aromatic rings. The second-order valence-corrected chi connectivity index (χ2v) is 7.22. The van der Waals surface area contributed by atoms with Crippen LogP contribution in [0.15, 0.2) is 60.8 Å². The SMILES string of the molecule is O=C(NC1CN(C(=O)Cc2c[nH]c3ccccc23)CC1CO)c1ccccc1. The Labute approximate surface area is 163 Å². The molecule has 2 amide bonds. The third-order valence-corrected chi connectivity index (χ3v) is 5.40. The third kappa shape index (κ3) is 3.64. The van der Waals surface area contributed by atoms with E-state index in [-0.39, 0.29) is 30.4 Å². The van der Waals surface area contributed by atoms with Crippen molar-refractivity contribution in [2.24, 2.45) is 5.92 Å². The lowest BCUT2D eigenvalue weighted by molar-refractivity contribution is -0.129. The van der Waals surface area contributed by atoms with E-state index in [1.54, 1.807) is 17.0 Å². The van der Waals surface area contributed by atoms with Crippen LogP contribution in [0.2, 0.25) is 0 Å². The predicted octanol–water partition coefficient (Wildman–Crippen LogP) is 1.96. The van der Waals surface area contributed by atoms with Gasteiger partial charge in [0.2, 0.25) is 5.91 Å². The minimum absolute atomic E-state index is 0.000312. The number of nitrogens with one attached hydrogen (secondary N) is 2. The maximum atomic E-state index is 12.8. The zero-order valence-corrected chi connectivity index (χ0v) is 15.5. The molecule has 0 radical (unpaired) electrons. The zero-order chi connectivity index (χ0) is 19.5. The molecule has 1 saturated heterocycles. The number of aliphatic hydroxyl groups is 1. The summed E-state index contributed by atoms with van der Waals surface area (Å²) in [6.07, 6.45) is 2.17. The van der Waals surface area contributed by atoms with Gasteiger partial charge in [-0.05, 0) is 23.8 Å². The number of hydrogen-bond acceptors (Lipinski definition) is 3. The average Bonchev–Trinajstić information content (AvgIpc) is 3.33. The lowest BCUT2D eigenvalue weighted by Gasteiger charge is -2.18. The Hall–Kier alpha value is -3.12. The van der Waals surface area contributed by atoms with Gasteiger partial charge in [-0.15, -0.1) is 0 Å². The van der Waals surface area contributed by atoms with E-state index in [2.05, 4.69) is 10.3 Å². The van der Waals surface area contributed by atoms with Crippen molar-refractivity contribution in [3.8, 4) is 0 Å². The number of aliphatic hydroxyl groups excluding tert-OH is 1. The van der Waals surface area contributed by atoms with Crippen LogP contribution in [0, 0.1) is 5.92 Å². The summed E-state index contributed by atoms with van der Waals surface area (Å²) >= 11 is 0. The first-order valence-corrected chi connectivity index (χ1v) is 9.45. The van der Waals surface area contributed by atoms with Crippen molar-refractivity contribution in [1.82, 2.24) is 15.2 Å². The van der Waals surface area contributed by atoms with Crippen LogP contribution in [-0.4, -0.2) is 52.5 Å². The fourth-order valence-corrected chi connectivity index (χ4v) is 3.82. The summed E-state index contributed by atoms with van der Waals surface area (Å²) < 4.78 is 0. The molecule has 0 bridgehead atoms. The molecular formula is C22H23N3O3. The van der Waals surface area contributed by atoms with Crippen molar-refractivity contribution < 1.29 is 14.7 Å². The second-order valence-electron chi connectivity index (χ2n) is 7.22. The highest BCUT2D eigenvalue weighted by Crippen LogP contribution is 2.22. The normalized spacial score (nSPS) is 19.1. The average molecular weight is 377 g/mol. The van der Waals surface area contributed by atoms with Gasteiger partial charge in [-0.1, -0.05) is 36.4 Å². The Morgan fingerprint density at radius 2 is 1.82 bits per heavy atom. The fraction of sp³-hybridized carbons (Fsp3) is 0.273. The Kier molecular flexibility index (Phi) is 5.12. The number of aromatic amines is 1. The molecule has 2 aromatic carbocycles. The number of benzene rings is 2. The molecule has 0 aliphatic carbocycles. The Bertz CT molecular complexity index is 983. The van der Waals surface area contributed by atoms with Crippen molar-refractivity contribution >= 4 is 22.7 Å². The number of nitrogens with zero attached hydrogens (tertiary/aromatic N) is 1. The van der Waals surface area contributed by atoms with Gasteiger partial charge in [-0.2, -0.15) is 0 Å². The highest BCUT2D eigenvalue weighted by Gasteiger charge is 2.35. The largest absolute Gasteiger partial charge is 0.396 e. The highest BCUT2D eigenvalue weighted by atomic mass is 16.3. The van der Waals surface area contributed by atoms with Gasteiger partial charge < -0.3 is 20.3 Å². The Morgan fingerprint density at radius 3 is 2.61 bits per heavy atom. The summed E-state index contributed by atoms with van der Waals surface area (Å²) in [6.45, 7) is 0.777. The molecule has 1 aromatic heterocycles. The van der Waals surface area contributed by atoms with Gasteiger partial charge in [-0.3, -0.25) is 9.59 Å². The molecule has 0 saturated carbocycles. The van der Waals surface area contributed by atoms with Gasteiger partial charge in [0, 0.05) is 48.3 Å². The van der Waals surface area contributed by atoms with Crippen LogP contribution in [0.1, 0.15) is 15.9 Å². The molecule has 2 atom stereocenters. The van der Waals surface area contributed by atoms with Crippen molar-refractivity contribution in [2.45, 2.75) is 12.5 Å². The predicted molar refractivity (Wildman–Crippen MR) is 107 cm³/mol. The Morgan fingerprint density at radius 1 is 1.07 bits per heavy atom. The molecule has 3 N–H and O–H groups in total. The van der Waals surface area contributed by atoms with Gasteiger partial charge in [0.15, 0.2) is 0 Å². The molecule has 28 heavy (non-hydrogen) atoms. The summed E-state index contributed by atoms with van der Waals surface area (Å²) in [4.78, 5) is 30.2.